The van der Waals surface area contributed by atoms with Crippen molar-refractivity contribution in [2.45, 2.75) is 13.5 Å². The summed E-state index contributed by atoms with van der Waals surface area (Å²) in [6, 6.07) is 17.1. The van der Waals surface area contributed by atoms with Gasteiger partial charge in [-0.05, 0) is 42.9 Å². The highest BCUT2D eigenvalue weighted by molar-refractivity contribution is 7.80. The molecule has 0 saturated heterocycles. The van der Waals surface area contributed by atoms with Crippen molar-refractivity contribution in [3.63, 3.8) is 0 Å². The van der Waals surface area contributed by atoms with Gasteiger partial charge in [-0.2, -0.15) is 0 Å². The number of carbonyl (C=O) groups excluding carboxylic acids is 1. The third-order valence-electron chi connectivity index (χ3n) is 3.02. The van der Waals surface area contributed by atoms with Crippen molar-refractivity contribution >= 4 is 28.9 Å². The summed E-state index contributed by atoms with van der Waals surface area (Å²) < 4.78 is 0. The lowest BCUT2D eigenvalue weighted by Gasteiger charge is -2.10. The van der Waals surface area contributed by atoms with Crippen LogP contribution in [0.2, 0.25) is 0 Å². The maximum absolute atomic E-state index is 12.2. The Labute approximate surface area is 135 Å². The quantitative estimate of drug-likeness (QED) is 0.743. The average molecular weight is 313 g/mol. The van der Waals surface area contributed by atoms with E-state index in [4.69, 9.17) is 12.2 Å². The second-order valence-corrected chi connectivity index (χ2v) is 5.14. The molecule has 0 unspecified atom stereocenters. The number of hydrogen-bond donors (Lipinski definition) is 3. The lowest BCUT2D eigenvalue weighted by atomic mass is 10.1. The normalized spacial score (nSPS) is 9.86. The van der Waals surface area contributed by atoms with Crippen molar-refractivity contribution < 1.29 is 4.79 Å². The first-order chi connectivity index (χ1) is 10.7. The molecule has 4 nitrogen and oxygen atoms in total. The molecule has 0 aliphatic rings. The number of carbonyl (C=O) groups is 1. The third kappa shape index (κ3) is 4.86. The molecule has 22 heavy (non-hydrogen) atoms. The summed E-state index contributed by atoms with van der Waals surface area (Å²) in [4.78, 5) is 12.2. The SMILES string of the molecule is CCNC(=S)Nc1cccc(C(=O)NCc2ccccc2)c1. The summed E-state index contributed by atoms with van der Waals surface area (Å²) in [6.07, 6.45) is 0. The van der Waals surface area contributed by atoms with Crippen molar-refractivity contribution in [1.29, 1.82) is 0 Å². The first-order valence-electron chi connectivity index (χ1n) is 7.16. The number of anilines is 1. The Bertz CT molecular complexity index is 643. The van der Waals surface area contributed by atoms with Crippen LogP contribution in [-0.4, -0.2) is 17.6 Å². The summed E-state index contributed by atoms with van der Waals surface area (Å²) >= 11 is 5.14. The van der Waals surface area contributed by atoms with Crippen molar-refractivity contribution in [3.8, 4) is 0 Å². The van der Waals surface area contributed by atoms with E-state index in [2.05, 4.69) is 16.0 Å². The topological polar surface area (TPSA) is 53.2 Å². The van der Waals surface area contributed by atoms with E-state index in [1.165, 1.54) is 0 Å². The van der Waals surface area contributed by atoms with Crippen molar-refractivity contribution in [3.05, 3.63) is 65.7 Å². The Morgan fingerprint density at radius 2 is 1.82 bits per heavy atom. The number of amides is 1. The second kappa shape index (κ2) is 8.14. The lowest BCUT2D eigenvalue weighted by Crippen LogP contribution is -2.28. The Kier molecular flexibility index (Phi) is 5.91. The van der Waals surface area contributed by atoms with E-state index < -0.39 is 0 Å². The molecular weight excluding hydrogens is 294 g/mol. The minimum Gasteiger partial charge on any atom is -0.363 e. The summed E-state index contributed by atoms with van der Waals surface area (Å²) in [5.74, 6) is -0.109. The molecule has 3 N–H and O–H groups in total. The molecule has 0 aromatic heterocycles. The van der Waals surface area contributed by atoms with Gasteiger partial charge < -0.3 is 16.0 Å². The zero-order chi connectivity index (χ0) is 15.8. The molecule has 0 spiro atoms. The molecule has 0 atom stereocenters. The van der Waals surface area contributed by atoms with E-state index in [1.807, 2.05) is 49.4 Å². The van der Waals surface area contributed by atoms with Crippen LogP contribution < -0.4 is 16.0 Å². The van der Waals surface area contributed by atoms with E-state index >= 15 is 0 Å². The Morgan fingerprint density at radius 3 is 2.55 bits per heavy atom. The van der Waals surface area contributed by atoms with Gasteiger partial charge in [-0.25, -0.2) is 0 Å². The van der Waals surface area contributed by atoms with Gasteiger partial charge in [0.05, 0.1) is 0 Å². The molecular formula is C17H19N3OS. The fourth-order valence-electron chi connectivity index (χ4n) is 1.95. The number of benzene rings is 2. The maximum atomic E-state index is 12.2. The molecule has 5 heteroatoms. The van der Waals surface area contributed by atoms with Gasteiger partial charge in [0, 0.05) is 24.3 Å². The van der Waals surface area contributed by atoms with E-state index in [9.17, 15) is 4.79 Å². The van der Waals surface area contributed by atoms with Gasteiger partial charge in [-0.15, -0.1) is 0 Å². The van der Waals surface area contributed by atoms with Gasteiger partial charge in [0.15, 0.2) is 5.11 Å². The number of nitrogens with one attached hydrogen (secondary N) is 3. The van der Waals surface area contributed by atoms with Crippen LogP contribution in [0.1, 0.15) is 22.8 Å². The standard InChI is InChI=1S/C17H19N3OS/c1-2-18-17(22)20-15-10-6-9-14(11-15)16(21)19-12-13-7-4-3-5-8-13/h3-11H,2,12H2,1H3,(H,19,21)(H2,18,20,22). The average Bonchev–Trinajstić information content (AvgIpc) is 2.54. The van der Waals surface area contributed by atoms with Crippen LogP contribution >= 0.6 is 12.2 Å². The van der Waals surface area contributed by atoms with E-state index in [-0.39, 0.29) is 5.91 Å². The van der Waals surface area contributed by atoms with Gasteiger partial charge >= 0.3 is 0 Å². The molecule has 0 bridgehead atoms. The Balaban J connectivity index is 1.96. The molecule has 114 valence electrons. The Morgan fingerprint density at radius 1 is 1.05 bits per heavy atom. The number of hydrogen-bond acceptors (Lipinski definition) is 2. The highest BCUT2D eigenvalue weighted by Crippen LogP contribution is 2.11. The van der Waals surface area contributed by atoms with Crippen molar-refractivity contribution in [2.24, 2.45) is 0 Å². The van der Waals surface area contributed by atoms with Gasteiger partial charge in [-0.1, -0.05) is 36.4 Å². The minimum absolute atomic E-state index is 0.109. The predicted molar refractivity (Wildman–Crippen MR) is 94.0 cm³/mol. The van der Waals surface area contributed by atoms with Crippen LogP contribution in [0.25, 0.3) is 0 Å². The molecule has 0 saturated carbocycles. The predicted octanol–water partition coefficient (Wildman–Crippen LogP) is 2.92. The van der Waals surface area contributed by atoms with Crippen molar-refractivity contribution in [1.82, 2.24) is 10.6 Å². The fourth-order valence-corrected chi connectivity index (χ4v) is 2.22. The first-order valence-corrected chi connectivity index (χ1v) is 7.57. The number of thiocarbonyl (C=S) groups is 1. The zero-order valence-electron chi connectivity index (χ0n) is 12.4. The van der Waals surface area contributed by atoms with Crippen LogP contribution in [0.5, 0.6) is 0 Å². The largest absolute Gasteiger partial charge is 0.363 e. The van der Waals surface area contributed by atoms with Crippen molar-refractivity contribution in [2.75, 3.05) is 11.9 Å². The molecule has 2 aromatic rings. The molecule has 0 aliphatic carbocycles. The molecule has 0 radical (unpaired) electrons. The van der Waals surface area contributed by atoms with Crippen LogP contribution in [0.3, 0.4) is 0 Å². The van der Waals surface area contributed by atoms with Crippen LogP contribution in [0, 0.1) is 0 Å². The van der Waals surface area contributed by atoms with Crippen LogP contribution in [-0.2, 0) is 6.54 Å². The molecule has 2 aromatic carbocycles. The molecule has 1 amide bonds. The highest BCUT2D eigenvalue weighted by Gasteiger charge is 2.06. The molecule has 0 heterocycles. The fraction of sp³-hybridized carbons (Fsp3) is 0.176. The maximum Gasteiger partial charge on any atom is 0.251 e. The zero-order valence-corrected chi connectivity index (χ0v) is 13.2. The van der Waals surface area contributed by atoms with Gasteiger partial charge in [0.2, 0.25) is 0 Å². The summed E-state index contributed by atoms with van der Waals surface area (Å²) in [7, 11) is 0. The van der Waals surface area contributed by atoms with Crippen LogP contribution in [0.4, 0.5) is 5.69 Å². The van der Waals surface area contributed by atoms with Gasteiger partial charge in [0.1, 0.15) is 0 Å². The van der Waals surface area contributed by atoms with E-state index in [1.54, 1.807) is 12.1 Å². The molecule has 2 rings (SSSR count). The molecule has 0 fully saturated rings. The third-order valence-corrected chi connectivity index (χ3v) is 3.26. The lowest BCUT2D eigenvalue weighted by molar-refractivity contribution is 0.0951. The smallest absolute Gasteiger partial charge is 0.251 e. The minimum atomic E-state index is -0.109. The summed E-state index contributed by atoms with van der Waals surface area (Å²) in [5, 5.41) is 9.51. The van der Waals surface area contributed by atoms with Gasteiger partial charge in [0.25, 0.3) is 5.91 Å². The van der Waals surface area contributed by atoms with E-state index in [0.717, 1.165) is 17.8 Å². The highest BCUT2D eigenvalue weighted by atomic mass is 32.1. The van der Waals surface area contributed by atoms with Gasteiger partial charge in [-0.3, -0.25) is 4.79 Å². The summed E-state index contributed by atoms with van der Waals surface area (Å²) in [6.45, 7) is 3.23. The first kappa shape index (κ1) is 16.0. The van der Waals surface area contributed by atoms with Crippen LogP contribution in [0.15, 0.2) is 54.6 Å². The van der Waals surface area contributed by atoms with E-state index in [0.29, 0.717) is 17.2 Å². The Hall–Kier alpha value is -2.40. The number of rotatable bonds is 5. The second-order valence-electron chi connectivity index (χ2n) is 4.73. The monoisotopic (exact) mass is 313 g/mol. The molecule has 0 aliphatic heterocycles. The summed E-state index contributed by atoms with van der Waals surface area (Å²) in [5.41, 5.74) is 2.46.